The van der Waals surface area contributed by atoms with Gasteiger partial charge in [0.05, 0.1) is 12.1 Å². The van der Waals surface area contributed by atoms with Crippen LogP contribution in [0.3, 0.4) is 0 Å². The summed E-state index contributed by atoms with van der Waals surface area (Å²) in [5.74, 6) is 3.26. The van der Waals surface area contributed by atoms with Crippen LogP contribution >= 0.6 is 0 Å². The fourth-order valence-corrected chi connectivity index (χ4v) is 3.55. The van der Waals surface area contributed by atoms with Gasteiger partial charge in [-0.15, -0.1) is 10.2 Å². The molecule has 0 spiro atoms. The second kappa shape index (κ2) is 7.76. The zero-order valence-corrected chi connectivity index (χ0v) is 16.5. The fraction of sp³-hybridized carbons (Fsp3) is 0.600. The van der Waals surface area contributed by atoms with Crippen molar-refractivity contribution in [1.29, 1.82) is 0 Å². The van der Waals surface area contributed by atoms with Crippen LogP contribution in [0.4, 0.5) is 0 Å². The predicted molar refractivity (Wildman–Crippen MR) is 101 cm³/mol. The first kappa shape index (κ1) is 18.9. The molecule has 142 valence electrons. The van der Waals surface area contributed by atoms with E-state index in [1.54, 1.807) is 0 Å². The number of rotatable bonds is 6. The van der Waals surface area contributed by atoms with Gasteiger partial charge in [-0.1, -0.05) is 32.0 Å². The number of hydrogen-bond acceptors (Lipinski definition) is 5. The van der Waals surface area contributed by atoms with Crippen LogP contribution in [0.1, 0.15) is 45.3 Å². The number of ether oxygens (including phenoxy) is 2. The molecule has 6 heteroatoms. The number of aromatic nitrogens is 3. The first-order valence-corrected chi connectivity index (χ1v) is 9.30. The van der Waals surface area contributed by atoms with E-state index in [0.29, 0.717) is 12.5 Å². The van der Waals surface area contributed by atoms with Gasteiger partial charge in [0.25, 0.3) is 0 Å². The van der Waals surface area contributed by atoms with Crippen molar-refractivity contribution in [2.24, 2.45) is 7.05 Å². The zero-order chi connectivity index (χ0) is 18.7. The molecule has 1 fully saturated rings. The van der Waals surface area contributed by atoms with E-state index in [0.717, 1.165) is 37.0 Å². The molecule has 1 aliphatic heterocycles. The predicted octanol–water partition coefficient (Wildman–Crippen LogP) is 3.00. The topological polar surface area (TPSA) is 52.4 Å². The fourth-order valence-electron chi connectivity index (χ4n) is 3.55. The monoisotopic (exact) mass is 358 g/mol. The molecule has 6 nitrogen and oxygen atoms in total. The van der Waals surface area contributed by atoms with E-state index in [1.807, 2.05) is 37.4 Å². The SMILES string of the molecule is CC(C)c1nnc(CN2C[C@@H](COc3ccccc3)OC(C)(C)C2)n1C. The second-order valence-electron chi connectivity index (χ2n) is 7.98. The Morgan fingerprint density at radius 3 is 2.62 bits per heavy atom. The lowest BCUT2D eigenvalue weighted by Gasteiger charge is -2.42. The number of hydrogen-bond donors (Lipinski definition) is 0. The molecule has 3 rings (SSSR count). The van der Waals surface area contributed by atoms with Crippen molar-refractivity contribution in [1.82, 2.24) is 19.7 Å². The molecule has 2 heterocycles. The summed E-state index contributed by atoms with van der Waals surface area (Å²) in [6.45, 7) is 11.5. The molecule has 26 heavy (non-hydrogen) atoms. The number of morpholine rings is 1. The lowest BCUT2D eigenvalue weighted by molar-refractivity contribution is -0.148. The first-order valence-electron chi connectivity index (χ1n) is 9.30. The Kier molecular flexibility index (Phi) is 5.63. The highest BCUT2D eigenvalue weighted by molar-refractivity contribution is 5.20. The second-order valence-corrected chi connectivity index (χ2v) is 7.98. The van der Waals surface area contributed by atoms with E-state index in [9.17, 15) is 0 Å². The van der Waals surface area contributed by atoms with E-state index in [-0.39, 0.29) is 11.7 Å². The summed E-state index contributed by atoms with van der Waals surface area (Å²) in [5.41, 5.74) is -0.220. The molecule has 2 aromatic rings. The van der Waals surface area contributed by atoms with Crippen LogP contribution in [-0.2, 0) is 18.3 Å². The summed E-state index contributed by atoms with van der Waals surface area (Å²) < 4.78 is 14.3. The van der Waals surface area contributed by atoms with Crippen LogP contribution in [0.5, 0.6) is 5.75 Å². The van der Waals surface area contributed by atoms with Crippen molar-refractivity contribution in [2.45, 2.75) is 51.9 Å². The van der Waals surface area contributed by atoms with Gasteiger partial charge >= 0.3 is 0 Å². The van der Waals surface area contributed by atoms with Crippen LogP contribution in [0.25, 0.3) is 0 Å². The summed E-state index contributed by atoms with van der Waals surface area (Å²) in [6.07, 6.45) is 0.0248. The molecule has 0 saturated carbocycles. The van der Waals surface area contributed by atoms with Crippen molar-refractivity contribution < 1.29 is 9.47 Å². The van der Waals surface area contributed by atoms with Crippen molar-refractivity contribution in [3.63, 3.8) is 0 Å². The molecule has 1 aliphatic rings. The Morgan fingerprint density at radius 1 is 1.23 bits per heavy atom. The van der Waals surface area contributed by atoms with Crippen LogP contribution in [0.15, 0.2) is 30.3 Å². The maximum atomic E-state index is 6.23. The summed E-state index contributed by atoms with van der Waals surface area (Å²) in [7, 11) is 2.05. The van der Waals surface area contributed by atoms with Gasteiger partial charge in [-0.2, -0.15) is 0 Å². The molecule has 0 unspecified atom stereocenters. The minimum atomic E-state index is -0.220. The lowest BCUT2D eigenvalue weighted by atomic mass is 10.1. The molecule has 0 N–H and O–H groups in total. The van der Waals surface area contributed by atoms with Crippen molar-refractivity contribution in [3.05, 3.63) is 42.0 Å². The third-order valence-corrected chi connectivity index (χ3v) is 4.61. The van der Waals surface area contributed by atoms with E-state index in [4.69, 9.17) is 9.47 Å². The standard InChI is InChI=1S/C20H30N4O2/c1-15(2)19-22-21-18(23(19)5)12-24-11-17(26-20(3,4)14-24)13-25-16-9-7-6-8-10-16/h6-10,15,17H,11-14H2,1-5H3/t17-/m0/s1. The van der Waals surface area contributed by atoms with Crippen LogP contribution in [0.2, 0.25) is 0 Å². The Morgan fingerprint density at radius 2 is 1.96 bits per heavy atom. The third-order valence-electron chi connectivity index (χ3n) is 4.61. The maximum Gasteiger partial charge on any atom is 0.146 e. The normalized spacial score (nSPS) is 20.5. The molecule has 0 bridgehead atoms. The van der Waals surface area contributed by atoms with E-state index >= 15 is 0 Å². The number of benzene rings is 1. The van der Waals surface area contributed by atoms with Crippen molar-refractivity contribution in [3.8, 4) is 5.75 Å². The minimum absolute atomic E-state index is 0.0248. The number of para-hydroxylation sites is 1. The van der Waals surface area contributed by atoms with Gasteiger partial charge < -0.3 is 14.0 Å². The molecular weight excluding hydrogens is 328 g/mol. The van der Waals surface area contributed by atoms with Gasteiger partial charge in [0.15, 0.2) is 0 Å². The molecule has 1 saturated heterocycles. The Balaban J connectivity index is 1.64. The van der Waals surface area contributed by atoms with Crippen molar-refractivity contribution >= 4 is 0 Å². The van der Waals surface area contributed by atoms with Crippen LogP contribution in [0, 0.1) is 0 Å². The van der Waals surface area contributed by atoms with Gasteiger partial charge in [0.1, 0.15) is 30.1 Å². The Bertz CT molecular complexity index is 712. The lowest BCUT2D eigenvalue weighted by Crippen LogP contribution is -2.54. The highest BCUT2D eigenvalue weighted by Crippen LogP contribution is 2.23. The largest absolute Gasteiger partial charge is 0.491 e. The zero-order valence-electron chi connectivity index (χ0n) is 16.5. The van der Waals surface area contributed by atoms with Gasteiger partial charge in [0, 0.05) is 26.1 Å². The average molecular weight is 358 g/mol. The third kappa shape index (κ3) is 4.62. The summed E-state index contributed by atoms with van der Waals surface area (Å²) in [4.78, 5) is 2.39. The number of nitrogens with zero attached hydrogens (tertiary/aromatic N) is 4. The van der Waals surface area contributed by atoms with Gasteiger partial charge in [-0.3, -0.25) is 4.90 Å². The van der Waals surface area contributed by atoms with E-state index in [2.05, 4.69) is 47.4 Å². The van der Waals surface area contributed by atoms with Crippen LogP contribution in [-0.4, -0.2) is 51.1 Å². The summed E-state index contributed by atoms with van der Waals surface area (Å²) in [6, 6.07) is 9.89. The molecule has 0 radical (unpaired) electrons. The molecule has 1 atom stereocenters. The van der Waals surface area contributed by atoms with Gasteiger partial charge in [-0.05, 0) is 26.0 Å². The van der Waals surface area contributed by atoms with Crippen molar-refractivity contribution in [2.75, 3.05) is 19.7 Å². The molecule has 1 aromatic heterocycles. The molecule has 0 aliphatic carbocycles. The smallest absolute Gasteiger partial charge is 0.146 e. The van der Waals surface area contributed by atoms with E-state index in [1.165, 1.54) is 0 Å². The quantitative estimate of drug-likeness (QED) is 0.794. The van der Waals surface area contributed by atoms with E-state index < -0.39 is 0 Å². The Labute approximate surface area is 156 Å². The maximum absolute atomic E-state index is 6.23. The average Bonchev–Trinajstić information content (AvgIpc) is 2.93. The minimum Gasteiger partial charge on any atom is -0.491 e. The highest BCUT2D eigenvalue weighted by atomic mass is 16.5. The highest BCUT2D eigenvalue weighted by Gasteiger charge is 2.34. The molecule has 1 aromatic carbocycles. The molecule has 0 amide bonds. The van der Waals surface area contributed by atoms with Gasteiger partial charge in [0.2, 0.25) is 0 Å². The molecular formula is C20H30N4O2. The first-order chi connectivity index (χ1) is 12.3. The van der Waals surface area contributed by atoms with Crippen LogP contribution < -0.4 is 4.74 Å². The Hall–Kier alpha value is -1.92. The summed E-state index contributed by atoms with van der Waals surface area (Å²) in [5, 5.41) is 8.74. The summed E-state index contributed by atoms with van der Waals surface area (Å²) >= 11 is 0. The van der Waals surface area contributed by atoms with Gasteiger partial charge in [-0.25, -0.2) is 0 Å².